The number of hydrogen-bond acceptors (Lipinski definition) is 3. The molecule has 2 aromatic heterocycles. The maximum absolute atomic E-state index is 13.8. The van der Waals surface area contributed by atoms with E-state index in [0.29, 0.717) is 34.5 Å². The third-order valence-electron chi connectivity index (χ3n) is 7.82. The van der Waals surface area contributed by atoms with E-state index < -0.39 is 11.5 Å². The SMILES string of the molecule is CC(C)(C)C(NC(=O)c1cc2ccc(Cl)cc2[nH]1)C(=O)N1CC2CC1CN2C(=O)c1cc2ccc(Cl)cc2[nH]1. The summed E-state index contributed by atoms with van der Waals surface area (Å²) in [5.74, 6) is -0.563. The average Bonchev–Trinajstić information content (AvgIpc) is 3.66. The Morgan fingerprint density at radius 3 is 1.95 bits per heavy atom. The van der Waals surface area contributed by atoms with Crippen LogP contribution in [0.1, 0.15) is 48.2 Å². The maximum atomic E-state index is 13.8. The van der Waals surface area contributed by atoms with Crippen molar-refractivity contribution >= 4 is 62.7 Å². The van der Waals surface area contributed by atoms with Crippen LogP contribution in [0.3, 0.4) is 0 Å². The van der Waals surface area contributed by atoms with Crippen molar-refractivity contribution in [3.63, 3.8) is 0 Å². The highest BCUT2D eigenvalue weighted by molar-refractivity contribution is 6.31. The molecule has 2 fully saturated rings. The Hall–Kier alpha value is -3.49. The van der Waals surface area contributed by atoms with Gasteiger partial charge in [-0.1, -0.05) is 56.1 Å². The number of H-pyrrole nitrogens is 2. The molecule has 2 aliphatic heterocycles. The summed E-state index contributed by atoms with van der Waals surface area (Å²) in [6.45, 7) is 6.71. The molecule has 0 aliphatic carbocycles. The van der Waals surface area contributed by atoms with Gasteiger partial charge in [0.15, 0.2) is 0 Å². The fraction of sp³-hybridized carbons (Fsp3) is 0.345. The van der Waals surface area contributed by atoms with Gasteiger partial charge in [-0.05, 0) is 48.2 Å². The first-order chi connectivity index (χ1) is 18.5. The van der Waals surface area contributed by atoms with Gasteiger partial charge in [0, 0.05) is 44.9 Å². The molecular weight excluding hydrogens is 537 g/mol. The fourth-order valence-electron chi connectivity index (χ4n) is 5.80. The molecule has 4 heterocycles. The molecule has 2 bridgehead atoms. The standard InChI is InChI=1S/C29H29Cl2N5O3/c1-29(2,3)25(34-26(37)23-8-15-4-6-17(30)10-21(15)32-23)28(39)36-14-19-12-20(36)13-35(19)27(38)24-9-16-5-7-18(31)11-22(16)33-24/h4-11,19-20,25,32-33H,12-14H2,1-3H3,(H,34,37). The van der Waals surface area contributed by atoms with E-state index in [9.17, 15) is 14.4 Å². The second kappa shape index (κ2) is 9.31. The van der Waals surface area contributed by atoms with Gasteiger partial charge < -0.3 is 25.1 Å². The Morgan fingerprint density at radius 1 is 0.846 bits per heavy atom. The van der Waals surface area contributed by atoms with Gasteiger partial charge in [-0.25, -0.2) is 0 Å². The Bertz CT molecular complexity index is 1630. The van der Waals surface area contributed by atoms with Crippen LogP contribution in [0, 0.1) is 5.41 Å². The number of aromatic nitrogens is 2. The van der Waals surface area contributed by atoms with Crippen molar-refractivity contribution in [2.24, 2.45) is 5.41 Å². The molecule has 3 N–H and O–H groups in total. The summed E-state index contributed by atoms with van der Waals surface area (Å²) in [5.41, 5.74) is 1.93. The van der Waals surface area contributed by atoms with Crippen molar-refractivity contribution in [2.75, 3.05) is 13.1 Å². The Morgan fingerprint density at radius 2 is 1.38 bits per heavy atom. The lowest BCUT2D eigenvalue weighted by atomic mass is 9.85. The minimum Gasteiger partial charge on any atom is -0.350 e. The molecule has 202 valence electrons. The number of hydrogen-bond donors (Lipinski definition) is 3. The van der Waals surface area contributed by atoms with Gasteiger partial charge in [0.2, 0.25) is 5.91 Å². The molecule has 3 amide bonds. The summed E-state index contributed by atoms with van der Waals surface area (Å²) in [6.07, 6.45) is 0.719. The number of carbonyl (C=O) groups is 3. The van der Waals surface area contributed by atoms with Gasteiger partial charge in [-0.3, -0.25) is 14.4 Å². The highest BCUT2D eigenvalue weighted by atomic mass is 35.5. The quantitative estimate of drug-likeness (QED) is 0.316. The highest BCUT2D eigenvalue weighted by Crippen LogP contribution is 2.34. The van der Waals surface area contributed by atoms with Crippen molar-refractivity contribution in [1.29, 1.82) is 0 Å². The number of benzene rings is 2. The van der Waals surface area contributed by atoms with Crippen LogP contribution in [0.2, 0.25) is 10.0 Å². The molecule has 0 saturated carbocycles. The van der Waals surface area contributed by atoms with E-state index in [0.717, 1.165) is 28.2 Å². The summed E-state index contributed by atoms with van der Waals surface area (Å²) in [4.78, 5) is 50.4. The van der Waals surface area contributed by atoms with E-state index in [4.69, 9.17) is 23.2 Å². The smallest absolute Gasteiger partial charge is 0.270 e. The third kappa shape index (κ3) is 4.66. The minimum atomic E-state index is -0.734. The third-order valence-corrected chi connectivity index (χ3v) is 8.29. The molecule has 2 aliphatic rings. The van der Waals surface area contributed by atoms with E-state index in [-0.39, 0.29) is 29.8 Å². The number of likely N-dealkylation sites (tertiary alicyclic amines) is 2. The predicted octanol–water partition coefficient (Wildman–Crippen LogP) is 5.23. The number of rotatable bonds is 4. The van der Waals surface area contributed by atoms with Crippen molar-refractivity contribution < 1.29 is 14.4 Å². The van der Waals surface area contributed by atoms with Crippen LogP contribution in [-0.4, -0.2) is 68.7 Å². The maximum Gasteiger partial charge on any atom is 0.270 e. The number of piperazine rings is 1. The van der Waals surface area contributed by atoms with Crippen molar-refractivity contribution in [3.8, 4) is 0 Å². The number of amides is 3. The molecule has 0 spiro atoms. The van der Waals surface area contributed by atoms with E-state index in [1.54, 1.807) is 30.3 Å². The van der Waals surface area contributed by atoms with Crippen molar-refractivity contribution in [1.82, 2.24) is 25.1 Å². The summed E-state index contributed by atoms with van der Waals surface area (Å²) in [7, 11) is 0. The topological polar surface area (TPSA) is 101 Å². The molecule has 0 radical (unpaired) electrons. The van der Waals surface area contributed by atoms with Crippen LogP contribution in [0.5, 0.6) is 0 Å². The zero-order valence-electron chi connectivity index (χ0n) is 21.8. The summed E-state index contributed by atoms with van der Waals surface area (Å²) >= 11 is 12.2. The number of aromatic amines is 2. The first-order valence-electron chi connectivity index (χ1n) is 13.0. The summed E-state index contributed by atoms with van der Waals surface area (Å²) in [5, 5.41) is 5.94. The Balaban J connectivity index is 1.16. The van der Waals surface area contributed by atoms with Crippen molar-refractivity contribution in [3.05, 3.63) is 70.0 Å². The lowest BCUT2D eigenvalue weighted by Gasteiger charge is -2.39. The molecule has 6 rings (SSSR count). The molecule has 4 aromatic rings. The van der Waals surface area contributed by atoms with Crippen LogP contribution in [0.4, 0.5) is 0 Å². The van der Waals surface area contributed by atoms with E-state index in [1.165, 1.54) is 0 Å². The van der Waals surface area contributed by atoms with Gasteiger partial charge in [0.05, 0.1) is 12.1 Å². The van der Waals surface area contributed by atoms with Crippen LogP contribution >= 0.6 is 23.2 Å². The van der Waals surface area contributed by atoms with E-state index >= 15 is 0 Å². The highest BCUT2D eigenvalue weighted by Gasteiger charge is 2.50. The normalized spacial score (nSPS) is 19.7. The minimum absolute atomic E-state index is 0.0729. The second-order valence-corrected chi connectivity index (χ2v) is 12.5. The number of fused-ring (bicyclic) bond motifs is 4. The van der Waals surface area contributed by atoms with Gasteiger partial charge in [0.1, 0.15) is 17.4 Å². The lowest BCUT2D eigenvalue weighted by Crippen LogP contribution is -2.59. The zero-order valence-corrected chi connectivity index (χ0v) is 23.4. The largest absolute Gasteiger partial charge is 0.350 e. The van der Waals surface area contributed by atoms with Gasteiger partial charge >= 0.3 is 0 Å². The Labute approximate surface area is 235 Å². The number of nitrogens with one attached hydrogen (secondary N) is 3. The van der Waals surface area contributed by atoms with Crippen LogP contribution < -0.4 is 5.32 Å². The summed E-state index contributed by atoms with van der Waals surface area (Å²) < 4.78 is 0. The van der Waals surface area contributed by atoms with Gasteiger partial charge in [-0.15, -0.1) is 0 Å². The predicted molar refractivity (Wildman–Crippen MR) is 152 cm³/mol. The second-order valence-electron chi connectivity index (χ2n) is 11.6. The monoisotopic (exact) mass is 565 g/mol. The number of carbonyl (C=O) groups excluding carboxylic acids is 3. The number of nitrogens with zero attached hydrogens (tertiary/aromatic N) is 2. The number of halogens is 2. The van der Waals surface area contributed by atoms with Crippen LogP contribution in [0.15, 0.2) is 48.5 Å². The van der Waals surface area contributed by atoms with E-state index in [2.05, 4.69) is 15.3 Å². The van der Waals surface area contributed by atoms with Crippen LogP contribution in [-0.2, 0) is 4.79 Å². The first kappa shape index (κ1) is 25.8. The molecule has 3 unspecified atom stereocenters. The van der Waals surface area contributed by atoms with Crippen molar-refractivity contribution in [2.45, 2.75) is 45.3 Å². The summed E-state index contributed by atoms with van der Waals surface area (Å²) in [6, 6.07) is 13.5. The molecular formula is C29H29Cl2N5O3. The molecule has 8 nitrogen and oxygen atoms in total. The van der Waals surface area contributed by atoms with Gasteiger partial charge in [0.25, 0.3) is 11.8 Å². The fourth-order valence-corrected chi connectivity index (χ4v) is 6.14. The first-order valence-corrected chi connectivity index (χ1v) is 13.7. The van der Waals surface area contributed by atoms with E-state index in [1.807, 2.05) is 48.8 Å². The van der Waals surface area contributed by atoms with Crippen LogP contribution in [0.25, 0.3) is 21.8 Å². The van der Waals surface area contributed by atoms with Gasteiger partial charge in [-0.2, -0.15) is 0 Å². The molecule has 10 heteroatoms. The molecule has 39 heavy (non-hydrogen) atoms. The molecule has 2 aromatic carbocycles. The Kier molecular flexibility index (Phi) is 6.15. The zero-order chi connectivity index (χ0) is 27.6. The average molecular weight is 566 g/mol. The molecule has 3 atom stereocenters. The lowest BCUT2D eigenvalue weighted by molar-refractivity contribution is -0.138. The molecule has 2 saturated heterocycles.